The van der Waals surface area contributed by atoms with E-state index in [-0.39, 0.29) is 28.8 Å². The van der Waals surface area contributed by atoms with Crippen LogP contribution in [0.2, 0.25) is 0 Å². The third-order valence-electron chi connectivity index (χ3n) is 6.16. The highest BCUT2D eigenvalue weighted by molar-refractivity contribution is 6.02. The third kappa shape index (κ3) is 3.37. The molecule has 2 aliphatic carbocycles. The standard InChI is InChI=1S/C21H22N6O4/c28-10-13-8-14(24-15-9-16(23-11-22-15)25-18(29)12-4-5-12)20(31)27-17(13)19(30)26-21(27)6-2-1-3-7-21/h8-12H,1-7H2,(H,26,30)(H2,22,23,24,25,29). The summed E-state index contributed by atoms with van der Waals surface area (Å²) in [6.45, 7) is 0. The van der Waals surface area contributed by atoms with Gasteiger partial charge in [0, 0.05) is 17.5 Å². The summed E-state index contributed by atoms with van der Waals surface area (Å²) in [6, 6.07) is 2.89. The number of carbonyl (C=O) groups excluding carboxylic acids is 3. The van der Waals surface area contributed by atoms with Gasteiger partial charge in [0.2, 0.25) is 5.91 Å². The molecule has 3 heterocycles. The Bertz CT molecular complexity index is 1150. The molecule has 0 radical (unpaired) electrons. The van der Waals surface area contributed by atoms with Crippen molar-refractivity contribution in [1.29, 1.82) is 0 Å². The first-order valence-corrected chi connectivity index (χ1v) is 10.5. The second-order valence-corrected chi connectivity index (χ2v) is 8.34. The number of hydrogen-bond donors (Lipinski definition) is 3. The molecule has 2 saturated carbocycles. The average Bonchev–Trinajstić information content (AvgIpc) is 3.57. The summed E-state index contributed by atoms with van der Waals surface area (Å²) in [5.74, 6) is 0.158. The zero-order chi connectivity index (χ0) is 21.6. The Hall–Kier alpha value is -3.56. The summed E-state index contributed by atoms with van der Waals surface area (Å²) >= 11 is 0. The minimum absolute atomic E-state index is 0.0274. The number of aromatic nitrogens is 3. The number of pyridine rings is 1. The van der Waals surface area contributed by atoms with Gasteiger partial charge in [-0.05, 0) is 44.6 Å². The van der Waals surface area contributed by atoms with Gasteiger partial charge in [-0.1, -0.05) is 6.42 Å². The molecule has 31 heavy (non-hydrogen) atoms. The molecule has 2 fully saturated rings. The molecule has 0 bridgehead atoms. The zero-order valence-corrected chi connectivity index (χ0v) is 16.8. The first kappa shape index (κ1) is 19.4. The molecule has 0 aromatic carbocycles. The molecular formula is C21H22N6O4. The maximum atomic E-state index is 13.4. The number of fused-ring (bicyclic) bond motifs is 2. The van der Waals surface area contributed by atoms with Crippen LogP contribution in [0.5, 0.6) is 0 Å². The number of nitrogens with zero attached hydrogens (tertiary/aromatic N) is 3. The number of anilines is 3. The van der Waals surface area contributed by atoms with Crippen molar-refractivity contribution in [3.05, 3.63) is 40.1 Å². The second kappa shape index (κ2) is 7.29. The van der Waals surface area contributed by atoms with Crippen molar-refractivity contribution in [3.8, 4) is 0 Å². The molecule has 10 heteroatoms. The van der Waals surface area contributed by atoms with E-state index in [0.29, 0.717) is 30.8 Å². The number of amides is 2. The van der Waals surface area contributed by atoms with E-state index in [1.54, 1.807) is 0 Å². The molecule has 5 rings (SSSR count). The molecule has 3 N–H and O–H groups in total. The summed E-state index contributed by atoms with van der Waals surface area (Å²) < 4.78 is 1.44. The van der Waals surface area contributed by atoms with Crippen molar-refractivity contribution in [2.24, 2.45) is 5.92 Å². The van der Waals surface area contributed by atoms with Crippen molar-refractivity contribution < 1.29 is 14.4 Å². The minimum atomic E-state index is -0.799. The molecule has 160 valence electrons. The maximum Gasteiger partial charge on any atom is 0.276 e. The van der Waals surface area contributed by atoms with Crippen LogP contribution in [0.4, 0.5) is 17.3 Å². The van der Waals surface area contributed by atoms with Gasteiger partial charge in [-0.3, -0.25) is 23.7 Å². The molecule has 2 amide bonds. The Balaban J connectivity index is 1.52. The average molecular weight is 422 g/mol. The molecule has 0 unspecified atom stereocenters. The van der Waals surface area contributed by atoms with Crippen LogP contribution in [0.1, 0.15) is 65.8 Å². The van der Waals surface area contributed by atoms with Crippen molar-refractivity contribution in [3.63, 3.8) is 0 Å². The topological polar surface area (TPSA) is 135 Å². The summed E-state index contributed by atoms with van der Waals surface area (Å²) in [4.78, 5) is 57.9. The molecule has 1 spiro atoms. The monoisotopic (exact) mass is 422 g/mol. The van der Waals surface area contributed by atoms with E-state index in [1.807, 2.05) is 0 Å². The van der Waals surface area contributed by atoms with Crippen LogP contribution >= 0.6 is 0 Å². The maximum absolute atomic E-state index is 13.4. The summed E-state index contributed by atoms with van der Waals surface area (Å²) in [7, 11) is 0. The van der Waals surface area contributed by atoms with Crippen molar-refractivity contribution in [1.82, 2.24) is 19.9 Å². The Morgan fingerprint density at radius 1 is 1.13 bits per heavy atom. The van der Waals surface area contributed by atoms with Gasteiger partial charge >= 0.3 is 0 Å². The summed E-state index contributed by atoms with van der Waals surface area (Å²) in [5.41, 5.74) is -0.828. The van der Waals surface area contributed by atoms with Crippen LogP contribution in [0.15, 0.2) is 23.3 Å². The van der Waals surface area contributed by atoms with Crippen molar-refractivity contribution >= 4 is 35.4 Å². The lowest BCUT2D eigenvalue weighted by Gasteiger charge is -2.35. The molecule has 1 aliphatic heterocycles. The quantitative estimate of drug-likeness (QED) is 0.626. The highest BCUT2D eigenvalue weighted by Crippen LogP contribution is 2.37. The van der Waals surface area contributed by atoms with Crippen molar-refractivity contribution in [2.75, 3.05) is 10.6 Å². The predicted octanol–water partition coefficient (Wildman–Crippen LogP) is 1.90. The first-order chi connectivity index (χ1) is 15.0. The van der Waals surface area contributed by atoms with E-state index in [1.165, 1.54) is 23.0 Å². The lowest BCUT2D eigenvalue weighted by molar-refractivity contribution is -0.117. The van der Waals surface area contributed by atoms with Gasteiger partial charge in [-0.15, -0.1) is 0 Å². The predicted molar refractivity (Wildman–Crippen MR) is 111 cm³/mol. The normalized spacial score (nSPS) is 18.9. The minimum Gasteiger partial charge on any atom is -0.336 e. The molecule has 0 atom stereocenters. The number of hydrogen-bond acceptors (Lipinski definition) is 7. The largest absolute Gasteiger partial charge is 0.336 e. The van der Waals surface area contributed by atoms with Crippen LogP contribution in [-0.2, 0) is 10.5 Å². The molecule has 2 aromatic rings. The van der Waals surface area contributed by atoms with Crippen LogP contribution in [0.25, 0.3) is 0 Å². The zero-order valence-electron chi connectivity index (χ0n) is 16.8. The number of nitrogens with one attached hydrogen (secondary N) is 3. The second-order valence-electron chi connectivity index (χ2n) is 8.34. The van der Waals surface area contributed by atoms with E-state index >= 15 is 0 Å². The lowest BCUT2D eigenvalue weighted by atomic mass is 9.89. The molecule has 2 aromatic heterocycles. The SMILES string of the molecule is O=Cc1cc(Nc2cc(NC(=O)C3CC3)ncn2)c(=O)n2c1C(=O)NC21CCCCC1. The van der Waals surface area contributed by atoms with Crippen LogP contribution in [0.3, 0.4) is 0 Å². The molecular weight excluding hydrogens is 400 g/mol. The van der Waals surface area contributed by atoms with E-state index in [0.717, 1.165) is 32.1 Å². The first-order valence-electron chi connectivity index (χ1n) is 10.5. The molecule has 0 saturated heterocycles. The fourth-order valence-corrected chi connectivity index (χ4v) is 4.47. The Morgan fingerprint density at radius 2 is 1.87 bits per heavy atom. The number of aldehydes is 1. The molecule has 3 aliphatic rings. The summed E-state index contributed by atoms with van der Waals surface area (Å²) in [5, 5.41) is 8.63. The van der Waals surface area contributed by atoms with Crippen molar-refractivity contribution in [2.45, 2.75) is 50.6 Å². The summed E-state index contributed by atoms with van der Waals surface area (Å²) in [6.07, 6.45) is 7.69. The van der Waals surface area contributed by atoms with Gasteiger partial charge in [-0.2, -0.15) is 0 Å². The number of carbonyl (C=O) groups is 3. The van der Waals surface area contributed by atoms with Gasteiger partial charge < -0.3 is 16.0 Å². The lowest BCUT2D eigenvalue weighted by Crippen LogP contribution is -2.48. The van der Waals surface area contributed by atoms with Gasteiger partial charge in [-0.25, -0.2) is 9.97 Å². The van der Waals surface area contributed by atoms with Crippen LogP contribution in [0, 0.1) is 5.92 Å². The van der Waals surface area contributed by atoms with Gasteiger partial charge in [0.1, 0.15) is 35.0 Å². The van der Waals surface area contributed by atoms with Gasteiger partial charge in [0.25, 0.3) is 11.5 Å². The smallest absolute Gasteiger partial charge is 0.276 e. The van der Waals surface area contributed by atoms with Crippen LogP contribution < -0.4 is 21.5 Å². The van der Waals surface area contributed by atoms with E-state index in [2.05, 4.69) is 25.9 Å². The molecule has 10 nitrogen and oxygen atoms in total. The van der Waals surface area contributed by atoms with Gasteiger partial charge in [0.05, 0.1) is 0 Å². The van der Waals surface area contributed by atoms with Crippen LogP contribution in [-0.4, -0.2) is 32.6 Å². The fourth-order valence-electron chi connectivity index (χ4n) is 4.47. The Kier molecular flexibility index (Phi) is 4.57. The fraction of sp³-hybridized carbons (Fsp3) is 0.429. The number of rotatable bonds is 5. The van der Waals surface area contributed by atoms with E-state index in [4.69, 9.17) is 0 Å². The Morgan fingerprint density at radius 3 is 2.58 bits per heavy atom. The van der Waals surface area contributed by atoms with E-state index in [9.17, 15) is 19.2 Å². The third-order valence-corrected chi connectivity index (χ3v) is 6.16. The highest BCUT2D eigenvalue weighted by atomic mass is 16.2. The van der Waals surface area contributed by atoms with Gasteiger partial charge in [0.15, 0.2) is 6.29 Å². The highest BCUT2D eigenvalue weighted by Gasteiger charge is 2.45. The Labute approximate surface area is 177 Å². The van der Waals surface area contributed by atoms with E-state index < -0.39 is 17.1 Å².